The van der Waals surface area contributed by atoms with Crippen molar-refractivity contribution in [2.45, 2.75) is 20.0 Å². The highest BCUT2D eigenvalue weighted by Crippen LogP contribution is 2.30. The number of amides is 1. The lowest BCUT2D eigenvalue weighted by atomic mass is 10.1. The van der Waals surface area contributed by atoms with E-state index in [0.717, 1.165) is 36.5 Å². The number of carbonyl (C=O) groups excluding carboxylic acids is 1. The molecule has 1 fully saturated rings. The predicted octanol–water partition coefficient (Wildman–Crippen LogP) is 3.05. The Morgan fingerprint density at radius 1 is 1.04 bits per heavy atom. The number of hydrogen-bond acceptors (Lipinski definition) is 5. The van der Waals surface area contributed by atoms with Gasteiger partial charge in [-0.25, -0.2) is 4.79 Å². The topological polar surface area (TPSA) is 68.0 Å². The molecule has 0 atom stereocenters. The van der Waals surface area contributed by atoms with E-state index in [0.29, 0.717) is 32.8 Å². The highest BCUT2D eigenvalue weighted by Gasteiger charge is 2.24. The summed E-state index contributed by atoms with van der Waals surface area (Å²) in [6, 6.07) is 16.0. The molecule has 0 aliphatic carbocycles. The van der Waals surface area contributed by atoms with Crippen LogP contribution in [0.3, 0.4) is 0 Å². The SMILES string of the molecule is CCOc1cc(CCN)ccc1N1CCN(C(=O)OCc2ccccc2)CC1. The van der Waals surface area contributed by atoms with E-state index in [1.165, 1.54) is 5.56 Å². The van der Waals surface area contributed by atoms with Gasteiger partial charge in [0.1, 0.15) is 12.4 Å². The minimum Gasteiger partial charge on any atom is -0.492 e. The smallest absolute Gasteiger partial charge is 0.410 e. The van der Waals surface area contributed by atoms with Crippen LogP contribution in [0.1, 0.15) is 18.1 Å². The highest BCUT2D eigenvalue weighted by atomic mass is 16.6. The molecule has 0 saturated carbocycles. The number of nitrogens with two attached hydrogens (primary N) is 1. The zero-order chi connectivity index (χ0) is 19.8. The van der Waals surface area contributed by atoms with Crippen LogP contribution in [-0.4, -0.2) is 50.3 Å². The summed E-state index contributed by atoms with van der Waals surface area (Å²) in [5.74, 6) is 0.883. The largest absolute Gasteiger partial charge is 0.492 e. The molecule has 3 rings (SSSR count). The van der Waals surface area contributed by atoms with Crippen molar-refractivity contribution in [3.8, 4) is 5.75 Å². The summed E-state index contributed by atoms with van der Waals surface area (Å²) in [4.78, 5) is 16.4. The summed E-state index contributed by atoms with van der Waals surface area (Å²) in [7, 11) is 0. The van der Waals surface area contributed by atoms with E-state index in [1.54, 1.807) is 4.90 Å². The lowest BCUT2D eigenvalue weighted by Crippen LogP contribution is -2.49. The molecule has 0 aromatic heterocycles. The van der Waals surface area contributed by atoms with Gasteiger partial charge in [-0.3, -0.25) is 0 Å². The monoisotopic (exact) mass is 383 g/mol. The van der Waals surface area contributed by atoms with Crippen LogP contribution in [0, 0.1) is 0 Å². The molecule has 0 unspecified atom stereocenters. The van der Waals surface area contributed by atoms with E-state index in [2.05, 4.69) is 23.1 Å². The van der Waals surface area contributed by atoms with E-state index in [1.807, 2.05) is 37.3 Å². The van der Waals surface area contributed by atoms with Crippen molar-refractivity contribution in [1.82, 2.24) is 4.90 Å². The fourth-order valence-corrected chi connectivity index (χ4v) is 3.35. The second-order valence-electron chi connectivity index (χ2n) is 6.79. The van der Waals surface area contributed by atoms with Gasteiger partial charge in [-0.15, -0.1) is 0 Å². The van der Waals surface area contributed by atoms with Crippen LogP contribution in [0.25, 0.3) is 0 Å². The standard InChI is InChI=1S/C22H29N3O3/c1-2-27-21-16-18(10-11-23)8-9-20(21)24-12-14-25(15-13-24)22(26)28-17-19-6-4-3-5-7-19/h3-9,16H,2,10-15,17,23H2,1H3. The predicted molar refractivity (Wildman–Crippen MR) is 111 cm³/mol. The van der Waals surface area contributed by atoms with Gasteiger partial charge in [0, 0.05) is 26.2 Å². The Morgan fingerprint density at radius 2 is 1.79 bits per heavy atom. The summed E-state index contributed by atoms with van der Waals surface area (Å²) < 4.78 is 11.3. The summed E-state index contributed by atoms with van der Waals surface area (Å²) in [6.45, 7) is 6.28. The summed E-state index contributed by atoms with van der Waals surface area (Å²) in [6.07, 6.45) is 0.577. The minimum absolute atomic E-state index is 0.258. The molecule has 28 heavy (non-hydrogen) atoms. The Labute approximate surface area is 166 Å². The fourth-order valence-electron chi connectivity index (χ4n) is 3.35. The number of anilines is 1. The number of hydrogen-bond donors (Lipinski definition) is 1. The molecule has 0 spiro atoms. The number of ether oxygens (including phenoxy) is 2. The maximum Gasteiger partial charge on any atom is 0.410 e. The van der Waals surface area contributed by atoms with Crippen molar-refractivity contribution < 1.29 is 14.3 Å². The minimum atomic E-state index is -0.258. The van der Waals surface area contributed by atoms with Crippen LogP contribution in [-0.2, 0) is 17.8 Å². The molecule has 1 amide bonds. The van der Waals surface area contributed by atoms with E-state index in [4.69, 9.17) is 15.2 Å². The molecule has 1 heterocycles. The Morgan fingerprint density at radius 3 is 2.46 bits per heavy atom. The molecule has 2 N–H and O–H groups in total. The van der Waals surface area contributed by atoms with Gasteiger partial charge < -0.3 is 25.0 Å². The number of benzene rings is 2. The summed E-state index contributed by atoms with van der Waals surface area (Å²) >= 11 is 0. The van der Waals surface area contributed by atoms with Crippen molar-refractivity contribution in [3.05, 3.63) is 59.7 Å². The molecule has 2 aromatic rings. The number of piperazine rings is 1. The van der Waals surface area contributed by atoms with Crippen molar-refractivity contribution >= 4 is 11.8 Å². The molecule has 6 nitrogen and oxygen atoms in total. The maximum atomic E-state index is 12.3. The summed E-state index contributed by atoms with van der Waals surface area (Å²) in [5.41, 5.74) is 8.91. The summed E-state index contributed by atoms with van der Waals surface area (Å²) in [5, 5.41) is 0. The van der Waals surface area contributed by atoms with Crippen LogP contribution >= 0.6 is 0 Å². The molecule has 2 aromatic carbocycles. The lowest BCUT2D eigenvalue weighted by molar-refractivity contribution is 0.0941. The van der Waals surface area contributed by atoms with Crippen LogP contribution < -0.4 is 15.4 Å². The van der Waals surface area contributed by atoms with Gasteiger partial charge in [-0.2, -0.15) is 0 Å². The second-order valence-corrected chi connectivity index (χ2v) is 6.79. The Hall–Kier alpha value is -2.73. The van der Waals surface area contributed by atoms with Crippen LogP contribution in [0.15, 0.2) is 48.5 Å². The molecule has 1 saturated heterocycles. The lowest BCUT2D eigenvalue weighted by Gasteiger charge is -2.36. The molecular weight excluding hydrogens is 354 g/mol. The van der Waals surface area contributed by atoms with Crippen LogP contribution in [0.2, 0.25) is 0 Å². The van der Waals surface area contributed by atoms with Crippen molar-refractivity contribution in [3.63, 3.8) is 0 Å². The molecule has 0 bridgehead atoms. The Kier molecular flexibility index (Phi) is 7.14. The maximum absolute atomic E-state index is 12.3. The van der Waals surface area contributed by atoms with Gasteiger partial charge in [0.25, 0.3) is 0 Å². The quantitative estimate of drug-likeness (QED) is 0.796. The van der Waals surface area contributed by atoms with Gasteiger partial charge in [-0.1, -0.05) is 36.4 Å². The molecule has 1 aliphatic rings. The van der Waals surface area contributed by atoms with E-state index in [-0.39, 0.29) is 6.09 Å². The van der Waals surface area contributed by atoms with Gasteiger partial charge in [0.2, 0.25) is 0 Å². The third-order valence-corrected chi connectivity index (χ3v) is 4.84. The molecule has 0 radical (unpaired) electrons. The van der Waals surface area contributed by atoms with E-state index >= 15 is 0 Å². The van der Waals surface area contributed by atoms with Crippen LogP contribution in [0.5, 0.6) is 5.75 Å². The van der Waals surface area contributed by atoms with Gasteiger partial charge >= 0.3 is 6.09 Å². The normalized spacial score (nSPS) is 14.1. The molecular formula is C22H29N3O3. The first-order valence-corrected chi connectivity index (χ1v) is 9.87. The first-order chi connectivity index (χ1) is 13.7. The third-order valence-electron chi connectivity index (χ3n) is 4.84. The van der Waals surface area contributed by atoms with Gasteiger partial charge in [-0.05, 0) is 43.1 Å². The zero-order valence-electron chi connectivity index (χ0n) is 16.5. The van der Waals surface area contributed by atoms with Gasteiger partial charge in [0.15, 0.2) is 0 Å². The molecule has 6 heteroatoms. The fraction of sp³-hybridized carbons (Fsp3) is 0.409. The molecule has 1 aliphatic heterocycles. The third kappa shape index (κ3) is 5.16. The average Bonchev–Trinajstić information content (AvgIpc) is 2.74. The zero-order valence-corrected chi connectivity index (χ0v) is 16.5. The van der Waals surface area contributed by atoms with E-state index in [9.17, 15) is 4.79 Å². The first-order valence-electron chi connectivity index (χ1n) is 9.87. The average molecular weight is 383 g/mol. The van der Waals surface area contributed by atoms with Crippen LogP contribution in [0.4, 0.5) is 10.5 Å². The van der Waals surface area contributed by atoms with Crippen molar-refractivity contribution in [2.75, 3.05) is 44.2 Å². The number of rotatable bonds is 7. The highest BCUT2D eigenvalue weighted by molar-refractivity contribution is 5.68. The number of carbonyl (C=O) groups is 1. The molecule has 150 valence electrons. The number of nitrogens with zero attached hydrogens (tertiary/aromatic N) is 2. The Bertz CT molecular complexity index is 759. The first kappa shape index (κ1) is 20.0. The van der Waals surface area contributed by atoms with Crippen molar-refractivity contribution in [1.29, 1.82) is 0 Å². The second kappa shape index (κ2) is 9.99. The van der Waals surface area contributed by atoms with Crippen molar-refractivity contribution in [2.24, 2.45) is 5.73 Å². The van der Waals surface area contributed by atoms with E-state index < -0.39 is 0 Å². The Balaban J connectivity index is 1.56. The van der Waals surface area contributed by atoms with Gasteiger partial charge in [0.05, 0.1) is 12.3 Å².